The Bertz CT molecular complexity index is 273. The third kappa shape index (κ3) is 1.70. The zero-order chi connectivity index (χ0) is 11.5. The normalized spacial score (nSPS) is 10.6. The predicted octanol–water partition coefficient (Wildman–Crippen LogP) is -1.05. The minimum atomic E-state index is -3.91. The smallest absolute Gasteiger partial charge is 0.481 e. The average molecular weight is 209 g/mol. The van der Waals surface area contributed by atoms with E-state index < -0.39 is 32.9 Å². The van der Waals surface area contributed by atoms with E-state index in [1.807, 2.05) is 0 Å². The highest BCUT2D eigenvalue weighted by molar-refractivity contribution is 5.67. The molecule has 0 rings (SSSR count). The number of carboxylic acids is 1. The van der Waals surface area contributed by atoms with Gasteiger partial charge in [0.2, 0.25) is 0 Å². The lowest BCUT2D eigenvalue weighted by Gasteiger charge is -2.05. The molecule has 14 heavy (non-hydrogen) atoms. The number of nitro groups is 3. The van der Waals surface area contributed by atoms with Crippen LogP contribution in [-0.4, -0.2) is 31.6 Å². The highest BCUT2D eigenvalue weighted by atomic mass is 16.7. The highest BCUT2D eigenvalue weighted by Crippen LogP contribution is 2.16. The van der Waals surface area contributed by atoms with Crippen LogP contribution >= 0.6 is 0 Å². The molecule has 78 valence electrons. The maximum atomic E-state index is 10.1. The van der Waals surface area contributed by atoms with E-state index in [1.165, 1.54) is 0 Å². The molecule has 0 atom stereocenters. The lowest BCUT2D eigenvalue weighted by Crippen LogP contribution is -2.54. The summed E-state index contributed by atoms with van der Waals surface area (Å²) < 4.78 is 0. The minimum absolute atomic E-state index is 1.82. The van der Waals surface area contributed by atoms with E-state index in [4.69, 9.17) is 5.11 Å². The summed E-state index contributed by atoms with van der Waals surface area (Å²) in [6.45, 7) is 0. The minimum Gasteiger partial charge on any atom is -0.481 e. The molecule has 0 saturated carbocycles. The highest BCUT2D eigenvalue weighted by Gasteiger charge is 2.71. The van der Waals surface area contributed by atoms with E-state index >= 15 is 0 Å². The largest absolute Gasteiger partial charge is 0.710 e. The maximum absolute atomic E-state index is 10.1. The van der Waals surface area contributed by atoms with Crippen LogP contribution in [0.25, 0.3) is 0 Å². The quantitative estimate of drug-likeness (QED) is 0.339. The number of hydrogen-bond donors (Lipinski definition) is 1. The Morgan fingerprint density at radius 3 is 1.43 bits per heavy atom. The van der Waals surface area contributed by atoms with Crippen molar-refractivity contribution in [3.8, 4) is 0 Å². The Morgan fingerprint density at radius 2 is 1.36 bits per heavy atom. The van der Waals surface area contributed by atoms with Crippen molar-refractivity contribution in [2.45, 2.75) is 12.2 Å². The van der Waals surface area contributed by atoms with E-state index in [1.54, 1.807) is 0 Å². The van der Waals surface area contributed by atoms with Crippen LogP contribution in [0.3, 0.4) is 0 Å². The van der Waals surface area contributed by atoms with Crippen LogP contribution in [0.15, 0.2) is 0 Å². The van der Waals surface area contributed by atoms with Crippen molar-refractivity contribution in [1.29, 1.82) is 0 Å². The van der Waals surface area contributed by atoms with Gasteiger partial charge < -0.3 is 5.11 Å². The summed E-state index contributed by atoms with van der Waals surface area (Å²) >= 11 is 0. The summed E-state index contributed by atoms with van der Waals surface area (Å²) in [6, 6.07) is 0. The molecule has 0 fully saturated rings. The number of rotatable bonds is 5. The molecule has 0 saturated heterocycles. The molecule has 0 unspecified atom stereocenters. The monoisotopic (exact) mass is 209 g/mol. The Hall–Kier alpha value is -2.33. The summed E-state index contributed by atoms with van der Waals surface area (Å²) in [6.07, 6.45) is -1.82. The van der Waals surface area contributed by atoms with Gasteiger partial charge in [-0.2, -0.15) is 0 Å². The lowest BCUT2D eigenvalue weighted by molar-refractivity contribution is -0.968. The average Bonchev–Trinajstić information content (AvgIpc) is 1.97. The number of nitrogens with zero attached hydrogens (tertiary/aromatic N) is 3. The van der Waals surface area contributed by atoms with Gasteiger partial charge in [-0.3, -0.25) is 35.1 Å². The molecule has 11 heteroatoms. The van der Waals surface area contributed by atoms with E-state index in [9.17, 15) is 35.1 Å². The van der Waals surface area contributed by atoms with Crippen molar-refractivity contribution < 1.29 is 24.7 Å². The van der Waals surface area contributed by atoms with Crippen molar-refractivity contribution in [1.82, 2.24) is 0 Å². The Kier molecular flexibility index (Phi) is 2.99. The van der Waals surface area contributed by atoms with E-state index in [0.717, 1.165) is 0 Å². The molecule has 0 aliphatic rings. The van der Waals surface area contributed by atoms with Gasteiger partial charge in [0, 0.05) is 0 Å². The molecule has 0 bridgehead atoms. The van der Waals surface area contributed by atoms with E-state index in [0.29, 0.717) is 0 Å². The summed E-state index contributed by atoms with van der Waals surface area (Å²) in [7, 11) is 0. The van der Waals surface area contributed by atoms with Crippen LogP contribution in [0.2, 0.25) is 0 Å². The summed E-state index contributed by atoms with van der Waals surface area (Å²) in [4.78, 5) is 34.8. The third-order valence-electron chi connectivity index (χ3n) is 1.27. The Labute approximate surface area is 74.4 Å². The van der Waals surface area contributed by atoms with Gasteiger partial charge in [0.1, 0.15) is 0 Å². The molecule has 0 aliphatic carbocycles. The number of hydrogen-bond acceptors (Lipinski definition) is 7. The van der Waals surface area contributed by atoms with Gasteiger partial charge in [0.25, 0.3) is 6.42 Å². The van der Waals surface area contributed by atoms with Crippen molar-refractivity contribution in [3.05, 3.63) is 30.3 Å². The first-order chi connectivity index (χ1) is 6.25. The van der Waals surface area contributed by atoms with Crippen molar-refractivity contribution >= 4 is 5.97 Å². The fraction of sp³-hybridized carbons (Fsp3) is 0.667. The molecule has 1 N–H and O–H groups in total. The molecule has 0 aliphatic heterocycles. The molecule has 0 heterocycles. The Balaban J connectivity index is 5.38. The molecule has 0 aromatic carbocycles. The molecule has 0 spiro atoms. The first-order valence-corrected chi connectivity index (χ1v) is 2.90. The summed E-state index contributed by atoms with van der Waals surface area (Å²) in [5.74, 6) is -5.92. The number of carbonyl (C=O) groups is 1. The van der Waals surface area contributed by atoms with Crippen LogP contribution in [-0.2, 0) is 4.79 Å². The lowest BCUT2D eigenvalue weighted by atomic mass is 10.2. The van der Waals surface area contributed by atoms with E-state index in [-0.39, 0.29) is 0 Å². The number of aliphatic carboxylic acids is 1. The van der Waals surface area contributed by atoms with Gasteiger partial charge in [-0.05, 0) is 0 Å². The van der Waals surface area contributed by atoms with Gasteiger partial charge in [0.05, 0.1) is 0 Å². The van der Waals surface area contributed by atoms with Crippen LogP contribution < -0.4 is 0 Å². The first-order valence-electron chi connectivity index (χ1n) is 2.90. The Morgan fingerprint density at radius 1 is 1.07 bits per heavy atom. The maximum Gasteiger partial charge on any atom is 0.710 e. The molecule has 0 aromatic heterocycles. The van der Waals surface area contributed by atoms with Crippen LogP contribution in [0.5, 0.6) is 0 Å². The predicted molar refractivity (Wildman–Crippen MR) is 36.0 cm³/mol. The summed E-state index contributed by atoms with van der Waals surface area (Å²) in [5, 5.41) is 38.4. The fourth-order valence-electron chi connectivity index (χ4n) is 0.597. The zero-order valence-electron chi connectivity index (χ0n) is 6.35. The second-order valence-corrected chi connectivity index (χ2v) is 2.12. The van der Waals surface area contributed by atoms with Gasteiger partial charge in [0.15, 0.2) is 14.8 Å². The molecule has 0 aromatic rings. The standard InChI is InChI=1S/C3H3N3O8/c7-2(8)1-3(4(9)10,5(11)12)6(13)14/h1H2,(H,7,8). The fourth-order valence-corrected chi connectivity index (χ4v) is 0.597. The van der Waals surface area contributed by atoms with Crippen LogP contribution in [0.1, 0.15) is 6.42 Å². The molecular weight excluding hydrogens is 206 g/mol. The first kappa shape index (κ1) is 11.7. The third-order valence-corrected chi connectivity index (χ3v) is 1.27. The van der Waals surface area contributed by atoms with Gasteiger partial charge in [-0.1, -0.05) is 0 Å². The SMILES string of the molecule is O=C(O)CC([N+](=O)[O-])([N+](=O)[O-])[N+](=O)[O-]. The molecule has 0 amide bonds. The second-order valence-electron chi connectivity index (χ2n) is 2.12. The van der Waals surface area contributed by atoms with Crippen molar-refractivity contribution in [2.75, 3.05) is 0 Å². The molecular formula is C3H3N3O8. The second kappa shape index (κ2) is 3.59. The van der Waals surface area contributed by atoms with Crippen LogP contribution in [0, 0.1) is 30.3 Å². The zero-order valence-corrected chi connectivity index (χ0v) is 6.35. The van der Waals surface area contributed by atoms with Gasteiger partial charge in [-0.25, -0.2) is 0 Å². The van der Waals surface area contributed by atoms with Crippen molar-refractivity contribution in [2.24, 2.45) is 0 Å². The van der Waals surface area contributed by atoms with Gasteiger partial charge in [-0.15, -0.1) is 0 Å². The van der Waals surface area contributed by atoms with E-state index in [2.05, 4.69) is 0 Å². The van der Waals surface area contributed by atoms with Crippen molar-refractivity contribution in [3.63, 3.8) is 0 Å². The van der Waals surface area contributed by atoms with Gasteiger partial charge >= 0.3 is 11.8 Å². The number of carboxylic acid groups (broad SMARTS) is 1. The topological polar surface area (TPSA) is 167 Å². The summed E-state index contributed by atoms with van der Waals surface area (Å²) in [5.41, 5.74) is 0. The molecule has 0 radical (unpaired) electrons. The molecule has 11 nitrogen and oxygen atoms in total. The van der Waals surface area contributed by atoms with Crippen LogP contribution in [0.4, 0.5) is 0 Å².